The first-order chi connectivity index (χ1) is 15.0. The average molecular weight is 419 g/mol. The van der Waals surface area contributed by atoms with Gasteiger partial charge in [0.05, 0.1) is 14.2 Å². The van der Waals surface area contributed by atoms with E-state index in [1.165, 1.54) is 5.56 Å². The van der Waals surface area contributed by atoms with E-state index in [9.17, 15) is 9.59 Å². The molecule has 0 saturated carbocycles. The monoisotopic (exact) mass is 418 g/mol. The number of hydrogen-bond donors (Lipinski definition) is 2. The van der Waals surface area contributed by atoms with Gasteiger partial charge in [0.25, 0.3) is 5.91 Å². The van der Waals surface area contributed by atoms with E-state index >= 15 is 0 Å². The number of benzene rings is 3. The van der Waals surface area contributed by atoms with Gasteiger partial charge in [-0.2, -0.15) is 0 Å². The van der Waals surface area contributed by atoms with E-state index in [-0.39, 0.29) is 11.8 Å². The Balaban J connectivity index is 1.32. The van der Waals surface area contributed by atoms with E-state index in [1.54, 1.807) is 12.0 Å². The third kappa shape index (κ3) is 5.03. The maximum Gasteiger partial charge on any atom is 0.279 e. The Morgan fingerprint density at radius 1 is 1.06 bits per heavy atom. The van der Waals surface area contributed by atoms with E-state index in [1.807, 2.05) is 43.4 Å². The van der Waals surface area contributed by atoms with E-state index in [0.29, 0.717) is 13.0 Å². The third-order valence-corrected chi connectivity index (χ3v) is 5.62. The number of nitrogens with one attached hydrogen (secondary N) is 2. The maximum atomic E-state index is 12.5. The summed E-state index contributed by atoms with van der Waals surface area (Å²) >= 11 is 0. The molecule has 1 heterocycles. The Morgan fingerprint density at radius 3 is 2.52 bits per heavy atom. The first-order valence-corrected chi connectivity index (χ1v) is 10.6. The minimum Gasteiger partial charge on any atom is -0.497 e. The molecular weight excluding hydrogens is 390 g/mol. The first kappa shape index (κ1) is 20.9. The molecule has 4 rings (SSSR count). The fourth-order valence-electron chi connectivity index (χ4n) is 4.05. The molecule has 1 atom stereocenters. The van der Waals surface area contributed by atoms with Gasteiger partial charge >= 0.3 is 0 Å². The number of amides is 2. The minimum atomic E-state index is -0.0342. The molecule has 1 aliphatic rings. The van der Waals surface area contributed by atoms with E-state index in [0.717, 1.165) is 52.3 Å². The van der Waals surface area contributed by atoms with Gasteiger partial charge in [0.2, 0.25) is 5.91 Å². The highest BCUT2D eigenvalue weighted by Crippen LogP contribution is 2.23. The molecule has 0 aliphatic carbocycles. The van der Waals surface area contributed by atoms with Crippen LogP contribution in [-0.2, 0) is 16.1 Å². The number of carbonyl (C=O) groups excluding carboxylic acids is 2. The maximum absolute atomic E-state index is 12.5. The molecule has 1 saturated heterocycles. The molecule has 1 unspecified atom stereocenters. The fraction of sp³-hybridized carbons (Fsp3) is 0.280. The highest BCUT2D eigenvalue weighted by Gasteiger charge is 2.21. The predicted octanol–water partition coefficient (Wildman–Crippen LogP) is 2.63. The number of quaternary nitrogens is 1. The van der Waals surface area contributed by atoms with Gasteiger partial charge in [0.1, 0.15) is 12.3 Å². The summed E-state index contributed by atoms with van der Waals surface area (Å²) in [6, 6.07) is 19.9. The topological polar surface area (TPSA) is 63.1 Å². The SMILES string of the molecule is COc1ccc2cc(C[NH+](C)CC(=O)Nc3ccc(N4CCCC4=O)cc3)ccc2c1. The van der Waals surface area contributed by atoms with Crippen LogP contribution in [0.1, 0.15) is 18.4 Å². The lowest BCUT2D eigenvalue weighted by Crippen LogP contribution is -3.08. The lowest BCUT2D eigenvalue weighted by atomic mass is 10.1. The molecule has 0 aromatic heterocycles. The van der Waals surface area contributed by atoms with Crippen molar-refractivity contribution in [2.24, 2.45) is 0 Å². The number of hydrogen-bond acceptors (Lipinski definition) is 3. The molecule has 2 N–H and O–H groups in total. The second kappa shape index (κ2) is 9.18. The lowest BCUT2D eigenvalue weighted by Gasteiger charge is -2.17. The van der Waals surface area contributed by atoms with Crippen molar-refractivity contribution in [3.8, 4) is 5.75 Å². The summed E-state index contributed by atoms with van der Waals surface area (Å²) in [6.45, 7) is 1.89. The van der Waals surface area contributed by atoms with Crippen LogP contribution in [0.4, 0.5) is 11.4 Å². The van der Waals surface area contributed by atoms with Crippen molar-refractivity contribution in [3.63, 3.8) is 0 Å². The summed E-state index contributed by atoms with van der Waals surface area (Å²) in [5.41, 5.74) is 2.81. The zero-order valence-electron chi connectivity index (χ0n) is 18.0. The number of carbonyl (C=O) groups is 2. The van der Waals surface area contributed by atoms with Crippen molar-refractivity contribution in [3.05, 3.63) is 66.2 Å². The van der Waals surface area contributed by atoms with Crippen LogP contribution < -0.4 is 19.9 Å². The van der Waals surface area contributed by atoms with Gasteiger partial charge in [-0.1, -0.05) is 18.2 Å². The van der Waals surface area contributed by atoms with Crippen LogP contribution in [0.25, 0.3) is 10.8 Å². The highest BCUT2D eigenvalue weighted by atomic mass is 16.5. The summed E-state index contributed by atoms with van der Waals surface area (Å²) < 4.78 is 5.28. The van der Waals surface area contributed by atoms with Crippen LogP contribution in [0, 0.1) is 0 Å². The van der Waals surface area contributed by atoms with E-state index < -0.39 is 0 Å². The summed E-state index contributed by atoms with van der Waals surface area (Å²) in [5, 5.41) is 5.25. The summed E-state index contributed by atoms with van der Waals surface area (Å²) in [6.07, 6.45) is 1.51. The van der Waals surface area contributed by atoms with Crippen molar-refractivity contribution in [1.82, 2.24) is 0 Å². The molecule has 3 aromatic carbocycles. The Labute approximate surface area is 182 Å². The number of methoxy groups -OCH3 is 1. The van der Waals surface area contributed by atoms with Crippen molar-refractivity contribution in [1.29, 1.82) is 0 Å². The molecule has 0 radical (unpaired) electrons. The number of anilines is 2. The van der Waals surface area contributed by atoms with Crippen molar-refractivity contribution in [2.45, 2.75) is 19.4 Å². The molecule has 3 aromatic rings. The Morgan fingerprint density at radius 2 is 1.81 bits per heavy atom. The van der Waals surface area contributed by atoms with Crippen molar-refractivity contribution < 1.29 is 19.2 Å². The predicted molar refractivity (Wildman–Crippen MR) is 123 cm³/mol. The quantitative estimate of drug-likeness (QED) is 0.620. The normalized spacial score (nSPS) is 14.6. The third-order valence-electron chi connectivity index (χ3n) is 5.62. The van der Waals surface area contributed by atoms with Gasteiger partial charge in [0.15, 0.2) is 6.54 Å². The molecule has 31 heavy (non-hydrogen) atoms. The van der Waals surface area contributed by atoms with Gasteiger partial charge in [-0.3, -0.25) is 9.59 Å². The summed E-state index contributed by atoms with van der Waals surface area (Å²) in [5.74, 6) is 0.975. The van der Waals surface area contributed by atoms with Gasteiger partial charge in [0, 0.05) is 29.9 Å². The number of likely N-dealkylation sites (N-methyl/N-ethyl adjacent to an activating group) is 1. The summed E-state index contributed by atoms with van der Waals surface area (Å²) in [7, 11) is 3.68. The van der Waals surface area contributed by atoms with Crippen molar-refractivity contribution in [2.75, 3.05) is 37.5 Å². The van der Waals surface area contributed by atoms with Crippen LogP contribution in [0.3, 0.4) is 0 Å². The van der Waals surface area contributed by atoms with Crippen LogP contribution in [-0.4, -0.2) is 39.1 Å². The lowest BCUT2D eigenvalue weighted by molar-refractivity contribution is -0.885. The highest BCUT2D eigenvalue weighted by molar-refractivity contribution is 5.96. The summed E-state index contributed by atoms with van der Waals surface area (Å²) in [4.78, 5) is 27.2. The molecule has 0 bridgehead atoms. The van der Waals surface area contributed by atoms with Gasteiger partial charge in [-0.25, -0.2) is 0 Å². The first-order valence-electron chi connectivity index (χ1n) is 10.6. The van der Waals surface area contributed by atoms with Crippen molar-refractivity contribution >= 4 is 34.0 Å². The molecule has 2 amide bonds. The van der Waals surface area contributed by atoms with Gasteiger partial charge < -0.3 is 19.9 Å². The van der Waals surface area contributed by atoms with Crippen LogP contribution in [0.15, 0.2) is 60.7 Å². The van der Waals surface area contributed by atoms with Crippen LogP contribution in [0.2, 0.25) is 0 Å². The molecule has 6 nitrogen and oxygen atoms in total. The molecule has 1 fully saturated rings. The van der Waals surface area contributed by atoms with Gasteiger partial charge in [-0.05, 0) is 59.7 Å². The Kier molecular flexibility index (Phi) is 6.18. The number of nitrogens with zero attached hydrogens (tertiary/aromatic N) is 1. The van der Waals surface area contributed by atoms with Gasteiger partial charge in [-0.15, -0.1) is 0 Å². The zero-order chi connectivity index (χ0) is 21.8. The molecular formula is C25H28N3O3+. The zero-order valence-corrected chi connectivity index (χ0v) is 18.0. The standard InChI is InChI=1S/C25H27N3O3/c1-27(16-18-5-6-20-15-23(31-2)12-7-19(20)14-18)17-24(29)26-21-8-10-22(11-9-21)28-13-3-4-25(28)30/h5-12,14-15H,3-4,13,16-17H2,1-2H3,(H,26,29)/p+1. The fourth-order valence-corrected chi connectivity index (χ4v) is 4.05. The number of fused-ring (bicyclic) bond motifs is 1. The number of rotatable bonds is 7. The second-order valence-corrected chi connectivity index (χ2v) is 8.10. The smallest absolute Gasteiger partial charge is 0.279 e. The average Bonchev–Trinajstić information content (AvgIpc) is 3.19. The van der Waals surface area contributed by atoms with E-state index in [4.69, 9.17) is 4.74 Å². The molecule has 160 valence electrons. The number of ether oxygens (including phenoxy) is 1. The Hall–Kier alpha value is -3.38. The molecule has 1 aliphatic heterocycles. The second-order valence-electron chi connectivity index (χ2n) is 8.10. The minimum absolute atomic E-state index is 0.0342. The van der Waals surface area contributed by atoms with Crippen LogP contribution in [0.5, 0.6) is 5.75 Å². The largest absolute Gasteiger partial charge is 0.497 e. The molecule has 0 spiro atoms. The van der Waals surface area contributed by atoms with E-state index in [2.05, 4.69) is 29.6 Å². The molecule has 6 heteroatoms. The Bertz CT molecular complexity index is 1090. The van der Waals surface area contributed by atoms with Crippen LogP contribution >= 0.6 is 0 Å².